The van der Waals surface area contributed by atoms with E-state index in [0.29, 0.717) is 49.7 Å². The Morgan fingerprint density at radius 2 is 0.816 bits per heavy atom. The minimum atomic E-state index is -1.19. The third-order valence-corrected chi connectivity index (χ3v) is 5.92. The molecule has 0 aliphatic carbocycles. The van der Waals surface area contributed by atoms with Crippen LogP contribution < -0.4 is 14.2 Å². The van der Waals surface area contributed by atoms with E-state index in [1.165, 1.54) is 0 Å². The van der Waals surface area contributed by atoms with Crippen LogP contribution >= 0.6 is 0 Å². The summed E-state index contributed by atoms with van der Waals surface area (Å²) >= 11 is 0. The maximum Gasteiger partial charge on any atom is 0.267 e. The molecule has 0 N–H and O–H groups in total. The Morgan fingerprint density at radius 1 is 0.526 bits per heavy atom. The van der Waals surface area contributed by atoms with Gasteiger partial charge in [-0.3, -0.25) is 0 Å². The van der Waals surface area contributed by atoms with E-state index in [2.05, 4.69) is 30.7 Å². The molecule has 0 saturated carbocycles. The molecule has 0 spiro atoms. The minimum Gasteiger partial charge on any atom is -0.494 e. The molecule has 0 aliphatic heterocycles. The average molecular weight is 533 g/mol. The summed E-state index contributed by atoms with van der Waals surface area (Å²) in [6.07, 6.45) is 0. The summed E-state index contributed by atoms with van der Waals surface area (Å²) in [5.41, 5.74) is 1.62. The first kappa shape index (κ1) is 28.6. The topological polar surface area (TPSA) is 102 Å². The van der Waals surface area contributed by atoms with Crippen molar-refractivity contribution >= 4 is 10.2 Å². The fourth-order valence-corrected chi connectivity index (χ4v) is 4.01. The SMILES string of the molecule is CCOc1ccccc1CN=NC([SiH3])(N=NCc1ccccc1OCC)N=NCc1ccccc1OCC. The van der Waals surface area contributed by atoms with Gasteiger partial charge in [0.05, 0.1) is 39.5 Å². The van der Waals surface area contributed by atoms with Gasteiger partial charge in [0.1, 0.15) is 27.5 Å². The predicted octanol–water partition coefficient (Wildman–Crippen LogP) is 6.12. The lowest BCUT2D eigenvalue weighted by molar-refractivity contribution is 0.336. The number of rotatable bonds is 15. The standard InChI is InChI=1S/C28H36N6O3Si/c1-4-35-25-16-10-7-13-22(25)19-29-32-28(38,33-30-20-23-14-8-11-17-26(23)36-5-2)34-31-21-24-15-9-12-18-27(24)37-6-3/h7-18H,4-6,19-21H2,1-3,38H3. The van der Waals surface area contributed by atoms with Crippen LogP contribution in [0.1, 0.15) is 37.5 Å². The zero-order chi connectivity index (χ0) is 27.1. The maximum absolute atomic E-state index is 5.71. The normalized spacial score (nSPS) is 13.3. The van der Waals surface area contributed by atoms with Crippen molar-refractivity contribution in [1.82, 2.24) is 0 Å². The first-order valence-electron chi connectivity index (χ1n) is 12.9. The van der Waals surface area contributed by atoms with Gasteiger partial charge < -0.3 is 14.2 Å². The van der Waals surface area contributed by atoms with E-state index in [0.717, 1.165) is 33.9 Å². The van der Waals surface area contributed by atoms with Crippen LogP contribution in [0.25, 0.3) is 0 Å². The molecule has 3 aromatic carbocycles. The fourth-order valence-electron chi connectivity index (χ4n) is 3.59. The molecular weight excluding hydrogens is 496 g/mol. The van der Waals surface area contributed by atoms with Gasteiger partial charge in [-0.05, 0) is 39.0 Å². The molecule has 0 aromatic heterocycles. The molecule has 0 saturated heterocycles. The molecule has 0 unspecified atom stereocenters. The molecule has 0 radical (unpaired) electrons. The van der Waals surface area contributed by atoms with Gasteiger partial charge >= 0.3 is 0 Å². The Morgan fingerprint density at radius 3 is 1.11 bits per heavy atom. The number of hydrogen-bond donors (Lipinski definition) is 0. The van der Waals surface area contributed by atoms with Crippen LogP contribution in [-0.2, 0) is 19.6 Å². The number of ether oxygens (including phenoxy) is 3. The number of benzene rings is 3. The lowest BCUT2D eigenvalue weighted by atomic mass is 10.2. The van der Waals surface area contributed by atoms with E-state index in [1.807, 2.05) is 93.6 Å². The van der Waals surface area contributed by atoms with Crippen molar-refractivity contribution in [3.8, 4) is 17.2 Å². The monoisotopic (exact) mass is 532 g/mol. The van der Waals surface area contributed by atoms with Crippen LogP contribution in [0.5, 0.6) is 17.2 Å². The highest BCUT2D eigenvalue weighted by molar-refractivity contribution is 6.14. The molecule has 0 amide bonds. The highest BCUT2D eigenvalue weighted by Crippen LogP contribution is 2.24. The third-order valence-electron chi connectivity index (χ3n) is 5.32. The molecule has 38 heavy (non-hydrogen) atoms. The third kappa shape index (κ3) is 8.88. The van der Waals surface area contributed by atoms with Gasteiger partial charge in [-0.25, -0.2) is 0 Å². The largest absolute Gasteiger partial charge is 0.494 e. The molecule has 0 fully saturated rings. The summed E-state index contributed by atoms with van der Waals surface area (Å²) in [7, 11) is 0.422. The summed E-state index contributed by atoms with van der Waals surface area (Å²) < 4.78 is 17.1. The molecule has 0 heterocycles. The van der Waals surface area contributed by atoms with Gasteiger partial charge in [0.15, 0.2) is 0 Å². The van der Waals surface area contributed by atoms with Gasteiger partial charge in [0.2, 0.25) is 0 Å². The van der Waals surface area contributed by atoms with Crippen molar-refractivity contribution in [3.05, 3.63) is 89.5 Å². The van der Waals surface area contributed by atoms with Crippen molar-refractivity contribution in [3.63, 3.8) is 0 Å². The number of nitrogens with zero attached hydrogens (tertiary/aromatic N) is 6. The van der Waals surface area contributed by atoms with Gasteiger partial charge in [-0.1, -0.05) is 54.6 Å². The van der Waals surface area contributed by atoms with Crippen molar-refractivity contribution < 1.29 is 14.2 Å². The Bertz CT molecular complexity index is 1090. The second kappa shape index (κ2) is 15.4. The van der Waals surface area contributed by atoms with Crippen LogP contribution in [-0.4, -0.2) is 35.5 Å². The highest BCUT2D eigenvalue weighted by Gasteiger charge is 2.22. The average Bonchev–Trinajstić information content (AvgIpc) is 2.92. The van der Waals surface area contributed by atoms with E-state index >= 15 is 0 Å². The summed E-state index contributed by atoms with van der Waals surface area (Å²) in [4.78, 5) is 0. The van der Waals surface area contributed by atoms with Crippen molar-refractivity contribution in [1.29, 1.82) is 0 Å². The van der Waals surface area contributed by atoms with E-state index in [9.17, 15) is 0 Å². The number of para-hydroxylation sites is 3. The lowest BCUT2D eigenvalue weighted by Gasteiger charge is -2.13. The minimum absolute atomic E-state index is 0.339. The molecular formula is C28H36N6O3Si. The molecule has 0 bridgehead atoms. The summed E-state index contributed by atoms with van der Waals surface area (Å²) in [6, 6.07) is 23.3. The molecule has 3 aromatic rings. The second-order valence-corrected chi connectivity index (χ2v) is 9.63. The van der Waals surface area contributed by atoms with Crippen LogP contribution in [0.4, 0.5) is 0 Å². The van der Waals surface area contributed by atoms with Crippen molar-refractivity contribution in [2.45, 2.75) is 45.8 Å². The van der Waals surface area contributed by atoms with Gasteiger partial charge in [-0.2, -0.15) is 15.3 Å². The van der Waals surface area contributed by atoms with Crippen LogP contribution in [0.3, 0.4) is 0 Å². The first-order valence-corrected chi connectivity index (χ1v) is 13.9. The smallest absolute Gasteiger partial charge is 0.267 e. The first-order chi connectivity index (χ1) is 18.6. The van der Waals surface area contributed by atoms with Crippen LogP contribution in [0.2, 0.25) is 0 Å². The van der Waals surface area contributed by atoms with Crippen LogP contribution in [0.15, 0.2) is 103 Å². The Hall–Kier alpha value is -3.92. The van der Waals surface area contributed by atoms with E-state index in [4.69, 9.17) is 14.2 Å². The predicted molar refractivity (Wildman–Crippen MR) is 151 cm³/mol. The van der Waals surface area contributed by atoms with Crippen molar-refractivity contribution in [2.24, 2.45) is 30.7 Å². The molecule has 3 rings (SSSR count). The second-order valence-electron chi connectivity index (χ2n) is 8.29. The van der Waals surface area contributed by atoms with Gasteiger partial charge in [0, 0.05) is 16.7 Å². The Kier molecular flexibility index (Phi) is 11.6. The summed E-state index contributed by atoms with van der Waals surface area (Å²) in [5.74, 6) is 2.36. The molecule has 9 nitrogen and oxygen atoms in total. The summed E-state index contributed by atoms with van der Waals surface area (Å²) in [5, 5.41) is 26.7. The molecule has 0 aliphatic rings. The van der Waals surface area contributed by atoms with E-state index < -0.39 is 5.41 Å². The van der Waals surface area contributed by atoms with Crippen LogP contribution in [0, 0.1) is 0 Å². The molecule has 200 valence electrons. The Labute approximate surface area is 227 Å². The zero-order valence-corrected chi connectivity index (χ0v) is 24.6. The molecule has 0 atom stereocenters. The van der Waals surface area contributed by atoms with Gasteiger partial charge in [-0.15, -0.1) is 15.3 Å². The molecule has 10 heteroatoms. The Balaban J connectivity index is 1.81. The summed E-state index contributed by atoms with van der Waals surface area (Å²) in [6.45, 7) is 8.61. The maximum atomic E-state index is 5.71. The van der Waals surface area contributed by atoms with E-state index in [1.54, 1.807) is 0 Å². The van der Waals surface area contributed by atoms with Crippen molar-refractivity contribution in [2.75, 3.05) is 19.8 Å². The fraction of sp³-hybridized carbons (Fsp3) is 0.357. The van der Waals surface area contributed by atoms with Gasteiger partial charge in [0.25, 0.3) is 5.41 Å². The van der Waals surface area contributed by atoms with E-state index in [-0.39, 0.29) is 0 Å². The number of hydrogen-bond acceptors (Lipinski definition) is 9. The quantitative estimate of drug-likeness (QED) is 0.174. The highest BCUT2D eigenvalue weighted by atomic mass is 28.1. The number of azo groups is 3. The zero-order valence-electron chi connectivity index (χ0n) is 22.6. The lowest BCUT2D eigenvalue weighted by Crippen LogP contribution is -2.19.